The smallest absolute Gasteiger partial charge is 0.194 e. The molecule has 4 rings (SSSR count). The molecule has 0 fully saturated rings. The van der Waals surface area contributed by atoms with Gasteiger partial charge in [0.2, 0.25) is 0 Å². The minimum atomic E-state index is 0.406. The highest BCUT2D eigenvalue weighted by molar-refractivity contribution is 6.29. The third-order valence-corrected chi connectivity index (χ3v) is 3.95. The maximum absolute atomic E-state index is 5.97. The monoisotopic (exact) mass is 319 g/mol. The second-order valence-electron chi connectivity index (χ2n) is 5.28. The number of fused-ring (bicyclic) bond motifs is 1. The predicted octanol–water partition coefficient (Wildman–Crippen LogP) is 6.56. The summed E-state index contributed by atoms with van der Waals surface area (Å²) in [5.74, 6) is 0. The highest BCUT2D eigenvalue weighted by Crippen LogP contribution is 2.36. The summed E-state index contributed by atoms with van der Waals surface area (Å²) in [6, 6.07) is 28.5. The normalized spacial score (nSPS) is 10.8. The van der Waals surface area contributed by atoms with Gasteiger partial charge in [-0.15, -0.1) is 0 Å². The van der Waals surface area contributed by atoms with E-state index in [0.717, 1.165) is 28.0 Å². The van der Waals surface area contributed by atoms with Crippen molar-refractivity contribution in [3.63, 3.8) is 0 Å². The molecule has 0 N–H and O–H groups in total. The summed E-state index contributed by atoms with van der Waals surface area (Å²) in [6.07, 6.45) is 0. The van der Waals surface area contributed by atoms with E-state index < -0.39 is 0 Å². The molecule has 0 aliphatic carbocycles. The van der Waals surface area contributed by atoms with Crippen LogP contribution in [0.3, 0.4) is 0 Å². The first-order valence-corrected chi connectivity index (χ1v) is 7.78. The van der Waals surface area contributed by atoms with Crippen LogP contribution in [0.4, 0.5) is 17.1 Å². The number of hydrogen-bond donors (Lipinski definition) is 0. The first-order chi connectivity index (χ1) is 11.3. The Morgan fingerprint density at radius 1 is 0.652 bits per heavy atom. The molecule has 1 aromatic heterocycles. The fraction of sp³-hybridized carbons (Fsp3) is 0. The van der Waals surface area contributed by atoms with Gasteiger partial charge in [-0.1, -0.05) is 36.4 Å². The summed E-state index contributed by atoms with van der Waals surface area (Å²) >= 11 is 5.97. The van der Waals surface area contributed by atoms with Gasteiger partial charge in [-0.05, 0) is 48.0 Å². The standard InChI is InChI=1S/C20H14ClNO/c21-20-13-15-11-12-18(14-19(15)23-20)22(16-7-3-1-4-8-16)17-9-5-2-6-10-17/h1-14H. The molecular weight excluding hydrogens is 306 g/mol. The number of rotatable bonds is 3. The van der Waals surface area contributed by atoms with Crippen LogP contribution < -0.4 is 4.90 Å². The van der Waals surface area contributed by atoms with Crippen LogP contribution in [-0.2, 0) is 0 Å². The third kappa shape index (κ3) is 2.69. The lowest BCUT2D eigenvalue weighted by molar-refractivity contribution is 0.618. The quantitative estimate of drug-likeness (QED) is 0.425. The molecule has 0 saturated carbocycles. The van der Waals surface area contributed by atoms with Crippen LogP contribution in [-0.4, -0.2) is 0 Å². The molecule has 3 heteroatoms. The van der Waals surface area contributed by atoms with Crippen LogP contribution in [0.1, 0.15) is 0 Å². The number of furan rings is 1. The molecule has 3 aromatic carbocycles. The third-order valence-electron chi connectivity index (χ3n) is 3.76. The van der Waals surface area contributed by atoms with Gasteiger partial charge < -0.3 is 9.32 Å². The molecule has 0 aliphatic rings. The van der Waals surface area contributed by atoms with Crippen LogP contribution in [0.5, 0.6) is 0 Å². The fourth-order valence-corrected chi connectivity index (χ4v) is 2.93. The molecule has 0 bridgehead atoms. The Kier molecular flexibility index (Phi) is 3.52. The Morgan fingerprint density at radius 3 is 1.87 bits per heavy atom. The average Bonchev–Trinajstić information content (AvgIpc) is 2.96. The zero-order valence-corrected chi connectivity index (χ0v) is 13.1. The maximum Gasteiger partial charge on any atom is 0.194 e. The Hall–Kier alpha value is -2.71. The van der Waals surface area contributed by atoms with Crippen molar-refractivity contribution < 1.29 is 4.42 Å². The van der Waals surface area contributed by atoms with Crippen molar-refractivity contribution in [2.45, 2.75) is 0 Å². The number of halogens is 1. The molecule has 1 heterocycles. The van der Waals surface area contributed by atoms with Crippen LogP contribution in [0.25, 0.3) is 11.0 Å². The molecule has 0 aliphatic heterocycles. The van der Waals surface area contributed by atoms with E-state index >= 15 is 0 Å². The molecule has 0 unspecified atom stereocenters. The molecular formula is C20H14ClNO. The lowest BCUT2D eigenvalue weighted by Gasteiger charge is -2.25. The Labute approximate surface area is 139 Å². The van der Waals surface area contributed by atoms with Gasteiger partial charge in [-0.2, -0.15) is 0 Å². The molecule has 0 saturated heterocycles. The van der Waals surface area contributed by atoms with Gasteiger partial charge >= 0.3 is 0 Å². The summed E-state index contributed by atoms with van der Waals surface area (Å²) < 4.78 is 5.57. The van der Waals surface area contributed by atoms with Gasteiger partial charge in [0.05, 0.1) is 0 Å². The van der Waals surface area contributed by atoms with Gasteiger partial charge in [0, 0.05) is 34.6 Å². The molecule has 0 amide bonds. The highest BCUT2D eigenvalue weighted by atomic mass is 35.5. The van der Waals surface area contributed by atoms with E-state index in [1.807, 2.05) is 54.6 Å². The van der Waals surface area contributed by atoms with Gasteiger partial charge in [0.15, 0.2) is 5.22 Å². The molecule has 112 valence electrons. The Morgan fingerprint density at radius 2 is 1.26 bits per heavy atom. The van der Waals surface area contributed by atoms with Crippen molar-refractivity contribution in [1.82, 2.24) is 0 Å². The second kappa shape index (κ2) is 5.82. The fourth-order valence-electron chi connectivity index (χ4n) is 2.73. The Bertz CT molecular complexity index is 892. The van der Waals surface area contributed by atoms with Gasteiger partial charge in [0.25, 0.3) is 0 Å². The van der Waals surface area contributed by atoms with E-state index in [0.29, 0.717) is 5.22 Å². The van der Waals surface area contributed by atoms with E-state index in [9.17, 15) is 0 Å². The molecule has 0 atom stereocenters. The second-order valence-corrected chi connectivity index (χ2v) is 5.65. The molecule has 0 spiro atoms. The SMILES string of the molecule is Clc1cc2ccc(N(c3ccccc3)c3ccccc3)cc2o1. The molecule has 0 radical (unpaired) electrons. The minimum absolute atomic E-state index is 0.406. The molecule has 2 nitrogen and oxygen atoms in total. The van der Waals surface area contributed by atoms with Crippen LogP contribution in [0.15, 0.2) is 89.3 Å². The largest absolute Gasteiger partial charge is 0.445 e. The van der Waals surface area contributed by atoms with Gasteiger partial charge in [-0.3, -0.25) is 0 Å². The summed E-state index contributed by atoms with van der Waals surface area (Å²) in [7, 11) is 0. The van der Waals surface area contributed by atoms with E-state index in [2.05, 4.69) is 35.2 Å². The van der Waals surface area contributed by atoms with Crippen LogP contribution >= 0.6 is 11.6 Å². The number of nitrogens with zero attached hydrogens (tertiary/aromatic N) is 1. The summed E-state index contributed by atoms with van der Waals surface area (Å²) in [5, 5.41) is 1.41. The minimum Gasteiger partial charge on any atom is -0.445 e. The van der Waals surface area contributed by atoms with E-state index in [1.165, 1.54) is 0 Å². The van der Waals surface area contributed by atoms with Crippen molar-refractivity contribution in [3.05, 3.63) is 90.1 Å². The number of anilines is 3. The Balaban J connectivity index is 1.89. The zero-order valence-electron chi connectivity index (χ0n) is 12.3. The van der Waals surface area contributed by atoms with Crippen molar-refractivity contribution in [3.8, 4) is 0 Å². The van der Waals surface area contributed by atoms with Crippen molar-refractivity contribution in [2.75, 3.05) is 4.90 Å². The van der Waals surface area contributed by atoms with Crippen molar-refractivity contribution >= 4 is 39.6 Å². The summed E-state index contributed by atoms with van der Waals surface area (Å²) in [4.78, 5) is 2.19. The topological polar surface area (TPSA) is 16.4 Å². The van der Waals surface area contributed by atoms with Gasteiger partial charge in [-0.25, -0.2) is 0 Å². The van der Waals surface area contributed by atoms with Crippen LogP contribution in [0.2, 0.25) is 5.22 Å². The number of para-hydroxylation sites is 2. The summed E-state index contributed by atoms with van der Waals surface area (Å²) in [6.45, 7) is 0. The van der Waals surface area contributed by atoms with E-state index in [-0.39, 0.29) is 0 Å². The molecule has 23 heavy (non-hydrogen) atoms. The van der Waals surface area contributed by atoms with Crippen LogP contribution in [0, 0.1) is 0 Å². The first kappa shape index (κ1) is 13.9. The lowest BCUT2D eigenvalue weighted by atomic mass is 10.1. The summed E-state index contributed by atoms with van der Waals surface area (Å²) in [5.41, 5.74) is 4.00. The average molecular weight is 320 g/mol. The number of hydrogen-bond acceptors (Lipinski definition) is 2. The molecule has 4 aromatic rings. The van der Waals surface area contributed by atoms with E-state index in [1.54, 1.807) is 0 Å². The van der Waals surface area contributed by atoms with Gasteiger partial charge in [0.1, 0.15) is 5.58 Å². The first-order valence-electron chi connectivity index (χ1n) is 7.40. The number of benzene rings is 3. The van der Waals surface area contributed by atoms with Crippen molar-refractivity contribution in [1.29, 1.82) is 0 Å². The predicted molar refractivity (Wildman–Crippen MR) is 95.9 cm³/mol. The van der Waals surface area contributed by atoms with E-state index in [4.69, 9.17) is 16.0 Å². The highest BCUT2D eigenvalue weighted by Gasteiger charge is 2.13. The zero-order chi connectivity index (χ0) is 15.6. The van der Waals surface area contributed by atoms with Crippen molar-refractivity contribution in [2.24, 2.45) is 0 Å². The maximum atomic E-state index is 5.97. The lowest BCUT2D eigenvalue weighted by Crippen LogP contribution is -2.09.